The number of carbonyl (C=O) groups is 2. The molecule has 4 rings (SSSR count). The first kappa shape index (κ1) is 18.4. The molecule has 27 heavy (non-hydrogen) atoms. The molecule has 0 saturated carbocycles. The highest BCUT2D eigenvalue weighted by molar-refractivity contribution is 5.89. The molecule has 0 unspecified atom stereocenters. The minimum Gasteiger partial charge on any atom is -0.373 e. The first-order valence-corrected chi connectivity index (χ1v) is 10.0. The van der Waals surface area contributed by atoms with Gasteiger partial charge in [0.25, 0.3) is 0 Å². The summed E-state index contributed by atoms with van der Waals surface area (Å²) in [5, 5.41) is 0. The smallest absolute Gasteiger partial charge is 0.228 e. The van der Waals surface area contributed by atoms with E-state index < -0.39 is 0 Å². The van der Waals surface area contributed by atoms with Gasteiger partial charge in [0.2, 0.25) is 11.8 Å². The summed E-state index contributed by atoms with van der Waals surface area (Å²) in [5.41, 5.74) is 1.29. The van der Waals surface area contributed by atoms with Crippen LogP contribution in [-0.2, 0) is 20.9 Å². The van der Waals surface area contributed by atoms with Crippen molar-refractivity contribution < 1.29 is 14.3 Å². The van der Waals surface area contributed by atoms with Crippen LogP contribution in [0.1, 0.15) is 25.8 Å². The topological polar surface area (TPSA) is 53.1 Å². The molecule has 0 N–H and O–H groups in total. The molecule has 6 nitrogen and oxygen atoms in total. The molecule has 0 radical (unpaired) electrons. The van der Waals surface area contributed by atoms with E-state index in [1.807, 2.05) is 29.7 Å². The van der Waals surface area contributed by atoms with E-state index in [2.05, 4.69) is 29.2 Å². The standard InChI is InChI=1S/C21H29N3O3/c1-15(2)24-12-17(10-20(24)25)21(26)23-13-18-19(14-23)27-9-8-22(18)11-16-6-4-3-5-7-16/h3-7,15,17-19H,8-14H2,1-2H3/t17-,18+,19-/m1/s1. The fourth-order valence-corrected chi connectivity index (χ4v) is 4.61. The molecule has 2 amide bonds. The SMILES string of the molecule is CC(C)N1C[C@H](C(=O)N2C[C@H]3OCCN(Cc4ccccc4)[C@H]3C2)CC1=O. The van der Waals surface area contributed by atoms with Crippen molar-refractivity contribution in [2.24, 2.45) is 5.92 Å². The zero-order chi connectivity index (χ0) is 19.0. The zero-order valence-electron chi connectivity index (χ0n) is 16.2. The van der Waals surface area contributed by atoms with E-state index in [9.17, 15) is 9.59 Å². The molecule has 0 spiro atoms. The van der Waals surface area contributed by atoms with Gasteiger partial charge in [-0.2, -0.15) is 0 Å². The summed E-state index contributed by atoms with van der Waals surface area (Å²) in [6, 6.07) is 10.8. The minimum absolute atomic E-state index is 0.0738. The normalized spacial score (nSPS) is 28.9. The van der Waals surface area contributed by atoms with Gasteiger partial charge in [0.05, 0.1) is 24.7 Å². The Balaban J connectivity index is 1.41. The number of benzene rings is 1. The molecule has 3 aliphatic rings. The van der Waals surface area contributed by atoms with E-state index >= 15 is 0 Å². The molecule has 146 valence electrons. The van der Waals surface area contributed by atoms with Crippen molar-refractivity contribution in [3.05, 3.63) is 35.9 Å². The molecule has 3 atom stereocenters. The largest absolute Gasteiger partial charge is 0.373 e. The molecule has 6 heteroatoms. The Bertz CT molecular complexity index is 693. The van der Waals surface area contributed by atoms with Gasteiger partial charge in [-0.15, -0.1) is 0 Å². The number of morpholine rings is 1. The predicted molar refractivity (Wildman–Crippen MR) is 102 cm³/mol. The number of hydrogen-bond acceptors (Lipinski definition) is 4. The Hall–Kier alpha value is -1.92. The van der Waals surface area contributed by atoms with Crippen LogP contribution in [0.15, 0.2) is 30.3 Å². The van der Waals surface area contributed by atoms with Gasteiger partial charge in [0.15, 0.2) is 0 Å². The second-order valence-corrected chi connectivity index (χ2v) is 8.22. The number of likely N-dealkylation sites (tertiary alicyclic amines) is 2. The van der Waals surface area contributed by atoms with Crippen molar-refractivity contribution in [1.82, 2.24) is 14.7 Å². The Morgan fingerprint density at radius 1 is 1.19 bits per heavy atom. The predicted octanol–water partition coefficient (Wildman–Crippen LogP) is 1.36. The van der Waals surface area contributed by atoms with Crippen LogP contribution in [0.4, 0.5) is 0 Å². The van der Waals surface area contributed by atoms with Crippen molar-refractivity contribution >= 4 is 11.8 Å². The van der Waals surface area contributed by atoms with Gasteiger partial charge in [-0.05, 0) is 19.4 Å². The fraction of sp³-hybridized carbons (Fsp3) is 0.619. The van der Waals surface area contributed by atoms with E-state index in [4.69, 9.17) is 4.74 Å². The number of rotatable bonds is 4. The summed E-state index contributed by atoms with van der Waals surface area (Å²) in [6.45, 7) is 8.38. The third-order valence-electron chi connectivity index (χ3n) is 6.09. The van der Waals surface area contributed by atoms with E-state index in [1.165, 1.54) is 5.56 Å². The molecule has 0 aromatic heterocycles. The van der Waals surface area contributed by atoms with Crippen molar-refractivity contribution in [1.29, 1.82) is 0 Å². The van der Waals surface area contributed by atoms with Crippen LogP contribution in [0, 0.1) is 5.92 Å². The first-order valence-electron chi connectivity index (χ1n) is 10.0. The zero-order valence-corrected chi connectivity index (χ0v) is 16.2. The lowest BCUT2D eigenvalue weighted by Gasteiger charge is -2.36. The second-order valence-electron chi connectivity index (χ2n) is 8.22. The van der Waals surface area contributed by atoms with Gasteiger partial charge in [-0.25, -0.2) is 0 Å². The summed E-state index contributed by atoms with van der Waals surface area (Å²) >= 11 is 0. The number of carbonyl (C=O) groups excluding carboxylic acids is 2. The number of nitrogens with zero attached hydrogens (tertiary/aromatic N) is 3. The highest BCUT2D eigenvalue weighted by Crippen LogP contribution is 2.28. The van der Waals surface area contributed by atoms with Gasteiger partial charge in [-0.1, -0.05) is 30.3 Å². The number of hydrogen-bond donors (Lipinski definition) is 0. The van der Waals surface area contributed by atoms with Gasteiger partial charge < -0.3 is 14.5 Å². The second kappa shape index (κ2) is 7.60. The highest BCUT2D eigenvalue weighted by atomic mass is 16.5. The summed E-state index contributed by atoms with van der Waals surface area (Å²) in [6.07, 6.45) is 0.418. The van der Waals surface area contributed by atoms with Gasteiger partial charge >= 0.3 is 0 Å². The fourth-order valence-electron chi connectivity index (χ4n) is 4.61. The molecule has 0 aliphatic carbocycles. The van der Waals surface area contributed by atoms with Gasteiger partial charge in [0, 0.05) is 45.2 Å². The van der Waals surface area contributed by atoms with Crippen molar-refractivity contribution in [2.45, 2.75) is 45.0 Å². The third-order valence-corrected chi connectivity index (χ3v) is 6.09. The van der Waals surface area contributed by atoms with E-state index in [0.717, 1.165) is 13.1 Å². The number of fused-ring (bicyclic) bond motifs is 1. The molecule has 3 fully saturated rings. The Morgan fingerprint density at radius 3 is 2.67 bits per heavy atom. The van der Waals surface area contributed by atoms with Crippen molar-refractivity contribution in [2.75, 3.05) is 32.8 Å². The molecule has 0 bridgehead atoms. The van der Waals surface area contributed by atoms with Crippen LogP contribution in [0.2, 0.25) is 0 Å². The summed E-state index contributed by atoms with van der Waals surface area (Å²) in [7, 11) is 0. The first-order chi connectivity index (χ1) is 13.0. The van der Waals surface area contributed by atoms with E-state index in [1.54, 1.807) is 0 Å². The maximum atomic E-state index is 13.0. The maximum Gasteiger partial charge on any atom is 0.228 e. The van der Waals surface area contributed by atoms with Crippen LogP contribution >= 0.6 is 0 Å². The molecular formula is C21H29N3O3. The molecular weight excluding hydrogens is 342 g/mol. The number of amides is 2. The average molecular weight is 371 g/mol. The quantitative estimate of drug-likeness (QED) is 0.802. The van der Waals surface area contributed by atoms with E-state index in [-0.39, 0.29) is 35.9 Å². The van der Waals surface area contributed by atoms with Gasteiger partial charge in [0.1, 0.15) is 0 Å². The van der Waals surface area contributed by atoms with Crippen molar-refractivity contribution in [3.8, 4) is 0 Å². The van der Waals surface area contributed by atoms with Gasteiger partial charge in [-0.3, -0.25) is 14.5 Å². The number of ether oxygens (including phenoxy) is 1. The lowest BCUT2D eigenvalue weighted by Crippen LogP contribution is -2.50. The van der Waals surface area contributed by atoms with Crippen LogP contribution < -0.4 is 0 Å². The monoisotopic (exact) mass is 371 g/mol. The molecule has 3 heterocycles. The average Bonchev–Trinajstić information content (AvgIpc) is 3.26. The Labute approximate surface area is 161 Å². The summed E-state index contributed by atoms with van der Waals surface area (Å²) in [4.78, 5) is 31.4. The molecule has 1 aromatic rings. The van der Waals surface area contributed by atoms with Crippen LogP contribution in [0.25, 0.3) is 0 Å². The third kappa shape index (κ3) is 3.73. The summed E-state index contributed by atoms with van der Waals surface area (Å²) in [5.74, 6) is 0.00806. The minimum atomic E-state index is -0.206. The lowest BCUT2D eigenvalue weighted by molar-refractivity contribution is -0.135. The van der Waals surface area contributed by atoms with Crippen LogP contribution in [0.3, 0.4) is 0 Å². The van der Waals surface area contributed by atoms with Crippen LogP contribution in [-0.4, -0.2) is 77.5 Å². The lowest BCUT2D eigenvalue weighted by atomic mass is 10.1. The van der Waals surface area contributed by atoms with Crippen LogP contribution in [0.5, 0.6) is 0 Å². The summed E-state index contributed by atoms with van der Waals surface area (Å²) < 4.78 is 5.98. The van der Waals surface area contributed by atoms with Crippen molar-refractivity contribution in [3.63, 3.8) is 0 Å². The Kier molecular flexibility index (Phi) is 5.19. The molecule has 3 saturated heterocycles. The molecule has 3 aliphatic heterocycles. The maximum absolute atomic E-state index is 13.0. The highest BCUT2D eigenvalue weighted by Gasteiger charge is 2.45. The van der Waals surface area contributed by atoms with E-state index in [0.29, 0.717) is 32.7 Å². The Morgan fingerprint density at radius 2 is 1.96 bits per heavy atom. The molecule has 1 aromatic carbocycles.